The van der Waals surface area contributed by atoms with Gasteiger partial charge in [-0.25, -0.2) is 0 Å². The molecule has 0 aliphatic heterocycles. The summed E-state index contributed by atoms with van der Waals surface area (Å²) in [6, 6.07) is 38.6. The molecule has 0 atom stereocenters. The first-order valence-corrected chi connectivity index (χ1v) is 10.5. The normalized spacial score (nSPS) is 11.4. The molecular weight excluding hydrogens is 372 g/mol. The second-order valence-electron chi connectivity index (χ2n) is 7.08. The SMILES string of the molecule is c1ccc(N(c2ccccc2)c2c3ccccc3n3c2sc2ccccc23)cc1. The average Bonchev–Trinajstić information content (AvgIpc) is 3.31. The molecule has 0 N–H and O–H groups in total. The van der Waals surface area contributed by atoms with E-state index in [1.807, 2.05) is 11.3 Å². The Labute approximate surface area is 172 Å². The van der Waals surface area contributed by atoms with Gasteiger partial charge < -0.3 is 4.90 Å². The average molecular weight is 391 g/mol. The molecule has 6 aromatic rings. The van der Waals surface area contributed by atoms with Crippen molar-refractivity contribution in [3.63, 3.8) is 0 Å². The first-order chi connectivity index (χ1) is 14.4. The van der Waals surface area contributed by atoms with Crippen molar-refractivity contribution >= 4 is 54.3 Å². The third-order valence-corrected chi connectivity index (χ3v) is 6.51. The molecule has 0 radical (unpaired) electrons. The van der Waals surface area contributed by atoms with Crippen molar-refractivity contribution in [3.8, 4) is 0 Å². The molecule has 6 rings (SSSR count). The zero-order valence-corrected chi connectivity index (χ0v) is 16.5. The fourth-order valence-corrected chi connectivity index (χ4v) is 5.35. The summed E-state index contributed by atoms with van der Waals surface area (Å²) >= 11 is 1.85. The van der Waals surface area contributed by atoms with Gasteiger partial charge in [0.05, 0.1) is 21.4 Å². The first-order valence-electron chi connectivity index (χ1n) is 9.73. The van der Waals surface area contributed by atoms with Crippen molar-refractivity contribution in [1.82, 2.24) is 4.40 Å². The summed E-state index contributed by atoms with van der Waals surface area (Å²) in [7, 11) is 0. The van der Waals surface area contributed by atoms with E-state index in [-0.39, 0.29) is 0 Å². The minimum absolute atomic E-state index is 1.16. The third-order valence-electron chi connectivity index (χ3n) is 5.37. The van der Waals surface area contributed by atoms with Crippen LogP contribution in [0.4, 0.5) is 17.1 Å². The number of fused-ring (bicyclic) bond motifs is 5. The fourth-order valence-electron chi connectivity index (χ4n) is 4.14. The van der Waals surface area contributed by atoms with Crippen LogP contribution in [0.1, 0.15) is 0 Å². The predicted molar refractivity (Wildman–Crippen MR) is 125 cm³/mol. The van der Waals surface area contributed by atoms with E-state index < -0.39 is 0 Å². The Morgan fingerprint density at radius 1 is 0.552 bits per heavy atom. The molecule has 0 amide bonds. The minimum Gasteiger partial charge on any atom is -0.307 e. The summed E-state index contributed by atoms with van der Waals surface area (Å²) < 4.78 is 3.71. The standard InChI is InChI=1S/C26H18N2S/c1-3-11-19(12-4-1)27(20-13-5-2-6-14-20)25-21-15-7-8-16-22(21)28-23-17-9-10-18-24(23)29-26(25)28/h1-18H. The van der Waals surface area contributed by atoms with E-state index in [0.717, 1.165) is 11.4 Å². The van der Waals surface area contributed by atoms with Gasteiger partial charge in [-0.1, -0.05) is 66.7 Å². The van der Waals surface area contributed by atoms with Gasteiger partial charge in [-0.2, -0.15) is 0 Å². The monoisotopic (exact) mass is 390 g/mol. The van der Waals surface area contributed by atoms with E-state index in [9.17, 15) is 0 Å². The molecule has 0 aliphatic rings. The lowest BCUT2D eigenvalue weighted by Gasteiger charge is -2.24. The first kappa shape index (κ1) is 16.4. The highest BCUT2D eigenvalue weighted by Gasteiger charge is 2.23. The van der Waals surface area contributed by atoms with Crippen LogP contribution in [0.15, 0.2) is 109 Å². The minimum atomic E-state index is 1.16. The summed E-state index contributed by atoms with van der Waals surface area (Å²) in [4.78, 5) is 3.65. The Kier molecular flexibility index (Phi) is 3.68. The van der Waals surface area contributed by atoms with E-state index >= 15 is 0 Å². The number of thiazole rings is 1. The Morgan fingerprint density at radius 2 is 1.10 bits per heavy atom. The van der Waals surface area contributed by atoms with Gasteiger partial charge in [0.15, 0.2) is 0 Å². The zero-order chi connectivity index (χ0) is 19.2. The molecule has 2 aromatic heterocycles. The topological polar surface area (TPSA) is 7.65 Å². The molecule has 0 unspecified atom stereocenters. The van der Waals surface area contributed by atoms with Gasteiger partial charge in [-0.3, -0.25) is 4.40 Å². The molecule has 0 aliphatic carbocycles. The highest BCUT2D eigenvalue weighted by Crippen LogP contribution is 2.46. The number of aromatic nitrogens is 1. The van der Waals surface area contributed by atoms with Crippen molar-refractivity contribution in [2.45, 2.75) is 0 Å². The van der Waals surface area contributed by atoms with Crippen LogP contribution >= 0.6 is 11.3 Å². The van der Waals surface area contributed by atoms with E-state index in [4.69, 9.17) is 0 Å². The second-order valence-corrected chi connectivity index (χ2v) is 8.11. The summed E-state index contributed by atoms with van der Waals surface area (Å²) in [5.74, 6) is 0. The zero-order valence-electron chi connectivity index (χ0n) is 15.7. The van der Waals surface area contributed by atoms with Crippen molar-refractivity contribution < 1.29 is 0 Å². The van der Waals surface area contributed by atoms with E-state index in [2.05, 4.69) is 118 Å². The van der Waals surface area contributed by atoms with Crippen LogP contribution in [0.25, 0.3) is 25.9 Å². The molecule has 2 heterocycles. The Balaban J connectivity index is 1.78. The lowest BCUT2D eigenvalue weighted by molar-refractivity contribution is 1.30. The molecule has 3 heteroatoms. The third kappa shape index (κ3) is 2.48. The Morgan fingerprint density at radius 3 is 1.79 bits per heavy atom. The molecule has 0 spiro atoms. The van der Waals surface area contributed by atoms with Crippen LogP contribution in [-0.2, 0) is 0 Å². The Hall–Kier alpha value is -3.56. The highest BCUT2D eigenvalue weighted by molar-refractivity contribution is 7.24. The molecule has 138 valence electrons. The molecule has 4 aromatic carbocycles. The summed E-state index contributed by atoms with van der Waals surface area (Å²) in [6.45, 7) is 0. The molecule has 29 heavy (non-hydrogen) atoms. The molecule has 0 saturated heterocycles. The lowest BCUT2D eigenvalue weighted by atomic mass is 10.1. The maximum atomic E-state index is 2.41. The van der Waals surface area contributed by atoms with Gasteiger partial charge in [-0.05, 0) is 42.5 Å². The number of anilines is 3. The number of benzene rings is 4. The number of para-hydroxylation sites is 4. The van der Waals surface area contributed by atoms with Gasteiger partial charge >= 0.3 is 0 Å². The van der Waals surface area contributed by atoms with Gasteiger partial charge in [0, 0.05) is 16.8 Å². The summed E-state index contributed by atoms with van der Waals surface area (Å²) in [6.07, 6.45) is 0. The summed E-state index contributed by atoms with van der Waals surface area (Å²) in [5, 5.41) is 1.26. The number of hydrogen-bond acceptors (Lipinski definition) is 2. The molecule has 0 fully saturated rings. The van der Waals surface area contributed by atoms with E-state index in [0.29, 0.717) is 0 Å². The van der Waals surface area contributed by atoms with Crippen LogP contribution in [0, 0.1) is 0 Å². The van der Waals surface area contributed by atoms with Gasteiger partial charge in [0.1, 0.15) is 4.83 Å². The van der Waals surface area contributed by atoms with Crippen LogP contribution in [0.3, 0.4) is 0 Å². The van der Waals surface area contributed by atoms with E-state index in [1.165, 1.54) is 31.6 Å². The highest BCUT2D eigenvalue weighted by atomic mass is 32.1. The Bertz CT molecular complexity index is 1410. The van der Waals surface area contributed by atoms with Crippen LogP contribution in [-0.4, -0.2) is 4.40 Å². The smallest absolute Gasteiger partial charge is 0.126 e. The van der Waals surface area contributed by atoms with Crippen molar-refractivity contribution in [1.29, 1.82) is 0 Å². The van der Waals surface area contributed by atoms with Crippen molar-refractivity contribution in [2.24, 2.45) is 0 Å². The fraction of sp³-hybridized carbons (Fsp3) is 0. The van der Waals surface area contributed by atoms with E-state index in [1.54, 1.807) is 0 Å². The molecule has 0 bridgehead atoms. The van der Waals surface area contributed by atoms with Crippen LogP contribution in [0.2, 0.25) is 0 Å². The molecule has 2 nitrogen and oxygen atoms in total. The second kappa shape index (κ2) is 6.50. The quantitative estimate of drug-likeness (QED) is 0.299. The number of nitrogens with zero attached hydrogens (tertiary/aromatic N) is 2. The molecular formula is C26H18N2S. The van der Waals surface area contributed by atoms with Crippen LogP contribution < -0.4 is 4.90 Å². The summed E-state index contributed by atoms with van der Waals surface area (Å²) in [5.41, 5.74) is 6.06. The van der Waals surface area contributed by atoms with Gasteiger partial charge in [0.2, 0.25) is 0 Å². The number of hydrogen-bond donors (Lipinski definition) is 0. The van der Waals surface area contributed by atoms with Crippen molar-refractivity contribution in [2.75, 3.05) is 4.90 Å². The lowest BCUT2D eigenvalue weighted by Crippen LogP contribution is -2.09. The maximum absolute atomic E-state index is 2.41. The maximum Gasteiger partial charge on any atom is 0.126 e. The molecule has 0 saturated carbocycles. The predicted octanol–water partition coefficient (Wildman–Crippen LogP) is 7.78. The van der Waals surface area contributed by atoms with Crippen molar-refractivity contribution in [3.05, 3.63) is 109 Å². The van der Waals surface area contributed by atoms with Crippen LogP contribution in [0.5, 0.6) is 0 Å². The van der Waals surface area contributed by atoms with Gasteiger partial charge in [0.25, 0.3) is 0 Å². The van der Waals surface area contributed by atoms with Gasteiger partial charge in [-0.15, -0.1) is 11.3 Å². The largest absolute Gasteiger partial charge is 0.307 e. The number of rotatable bonds is 3.